The van der Waals surface area contributed by atoms with E-state index in [0.717, 1.165) is 0 Å². The van der Waals surface area contributed by atoms with Crippen molar-refractivity contribution < 1.29 is 8.78 Å². The van der Waals surface area contributed by atoms with Gasteiger partial charge in [-0.15, -0.1) is 0 Å². The largest absolute Gasteiger partial charge is 0.340 e. The van der Waals surface area contributed by atoms with Crippen LogP contribution in [0.15, 0.2) is 54.9 Å². The maximum Gasteiger partial charge on any atom is 0.141 e. The second-order valence-electron chi connectivity index (χ2n) is 4.68. The summed E-state index contributed by atoms with van der Waals surface area (Å²) in [4.78, 5) is 8.14. The lowest BCUT2D eigenvalue weighted by atomic mass is 10.3. The zero-order valence-corrected chi connectivity index (χ0v) is 12.5. The van der Waals surface area contributed by atoms with Crippen molar-refractivity contribution in [1.29, 1.82) is 0 Å². The minimum absolute atomic E-state index is 0.0159. The van der Waals surface area contributed by atoms with Crippen molar-refractivity contribution in [3.8, 4) is 0 Å². The lowest BCUT2D eigenvalue weighted by Crippen LogP contribution is -1.99. The molecular formula is C16H11ClF2N4. The first-order valence-corrected chi connectivity index (χ1v) is 7.05. The first kappa shape index (κ1) is 15.2. The molecule has 1 heterocycles. The summed E-state index contributed by atoms with van der Waals surface area (Å²) in [7, 11) is 0. The Hall–Kier alpha value is -2.73. The number of rotatable bonds is 4. The van der Waals surface area contributed by atoms with E-state index in [4.69, 9.17) is 11.6 Å². The average molecular weight is 333 g/mol. The van der Waals surface area contributed by atoms with Crippen molar-refractivity contribution >= 4 is 34.6 Å². The highest BCUT2D eigenvalue weighted by atomic mass is 35.5. The van der Waals surface area contributed by atoms with Gasteiger partial charge in [0.1, 0.15) is 29.6 Å². The Morgan fingerprint density at radius 3 is 2.17 bits per heavy atom. The Morgan fingerprint density at radius 1 is 0.826 bits per heavy atom. The molecule has 0 saturated heterocycles. The van der Waals surface area contributed by atoms with E-state index >= 15 is 0 Å². The van der Waals surface area contributed by atoms with E-state index < -0.39 is 5.82 Å². The Bertz CT molecular complexity index is 842. The molecule has 0 aliphatic heterocycles. The lowest BCUT2D eigenvalue weighted by molar-refractivity contribution is 0.628. The molecule has 0 saturated carbocycles. The summed E-state index contributed by atoms with van der Waals surface area (Å²) in [5.41, 5.74) is 1.16. The molecule has 0 unspecified atom stereocenters. The van der Waals surface area contributed by atoms with Gasteiger partial charge in [0.05, 0.1) is 5.02 Å². The van der Waals surface area contributed by atoms with Crippen molar-refractivity contribution in [1.82, 2.24) is 9.97 Å². The highest BCUT2D eigenvalue weighted by Crippen LogP contribution is 2.23. The molecule has 3 aromatic rings. The van der Waals surface area contributed by atoms with Gasteiger partial charge < -0.3 is 10.6 Å². The quantitative estimate of drug-likeness (QED) is 0.713. The average Bonchev–Trinajstić information content (AvgIpc) is 2.51. The van der Waals surface area contributed by atoms with Gasteiger partial charge in [-0.05, 0) is 36.4 Å². The summed E-state index contributed by atoms with van der Waals surface area (Å²) in [6, 6.07) is 11.9. The topological polar surface area (TPSA) is 49.8 Å². The minimum atomic E-state index is -0.492. The molecule has 7 heteroatoms. The molecule has 0 spiro atoms. The summed E-state index contributed by atoms with van der Waals surface area (Å²) in [5, 5.41) is 5.98. The maximum absolute atomic E-state index is 13.2. The van der Waals surface area contributed by atoms with Crippen molar-refractivity contribution in [3.63, 3.8) is 0 Å². The van der Waals surface area contributed by atoms with Gasteiger partial charge in [-0.2, -0.15) is 0 Å². The zero-order chi connectivity index (χ0) is 16.2. The first-order valence-electron chi connectivity index (χ1n) is 6.67. The van der Waals surface area contributed by atoms with Crippen LogP contribution in [0.3, 0.4) is 0 Å². The van der Waals surface area contributed by atoms with Crippen molar-refractivity contribution in [3.05, 3.63) is 71.5 Å². The van der Waals surface area contributed by atoms with Crippen LogP contribution in [0, 0.1) is 11.6 Å². The predicted molar refractivity (Wildman–Crippen MR) is 86.4 cm³/mol. The molecular weight excluding hydrogens is 322 g/mol. The van der Waals surface area contributed by atoms with Crippen LogP contribution in [-0.4, -0.2) is 9.97 Å². The Kier molecular flexibility index (Phi) is 4.34. The van der Waals surface area contributed by atoms with E-state index in [9.17, 15) is 8.78 Å². The SMILES string of the molecule is Fc1cccc(Nc2cc(Nc3ccc(F)c(Cl)c3)ncn2)c1. The first-order chi connectivity index (χ1) is 11.1. The van der Waals surface area contributed by atoms with Crippen LogP contribution in [-0.2, 0) is 0 Å². The smallest absolute Gasteiger partial charge is 0.141 e. The summed E-state index contributed by atoms with van der Waals surface area (Å²) < 4.78 is 26.3. The third-order valence-corrected chi connectivity index (χ3v) is 3.25. The Balaban J connectivity index is 1.78. The van der Waals surface area contributed by atoms with Crippen LogP contribution in [0.25, 0.3) is 0 Å². The summed E-state index contributed by atoms with van der Waals surface area (Å²) >= 11 is 5.74. The van der Waals surface area contributed by atoms with Gasteiger partial charge >= 0.3 is 0 Å². The van der Waals surface area contributed by atoms with Crippen LogP contribution in [0.2, 0.25) is 5.02 Å². The molecule has 0 aliphatic carbocycles. The molecule has 2 aromatic carbocycles. The van der Waals surface area contributed by atoms with E-state index in [2.05, 4.69) is 20.6 Å². The monoisotopic (exact) mass is 332 g/mol. The van der Waals surface area contributed by atoms with E-state index in [0.29, 0.717) is 23.0 Å². The number of hydrogen-bond donors (Lipinski definition) is 2. The third-order valence-electron chi connectivity index (χ3n) is 2.96. The van der Waals surface area contributed by atoms with Gasteiger partial charge in [0.25, 0.3) is 0 Å². The number of nitrogens with one attached hydrogen (secondary N) is 2. The highest BCUT2D eigenvalue weighted by Gasteiger charge is 2.04. The second-order valence-corrected chi connectivity index (χ2v) is 5.08. The fraction of sp³-hybridized carbons (Fsp3) is 0. The van der Waals surface area contributed by atoms with Crippen LogP contribution < -0.4 is 10.6 Å². The van der Waals surface area contributed by atoms with Crippen LogP contribution >= 0.6 is 11.6 Å². The molecule has 0 amide bonds. The standard InChI is InChI=1S/C16H11ClF2N4/c17-13-7-12(4-5-14(13)19)23-16-8-15(20-9-21-16)22-11-3-1-2-10(18)6-11/h1-9H,(H2,20,21,22,23). The zero-order valence-electron chi connectivity index (χ0n) is 11.7. The molecule has 116 valence electrons. The molecule has 0 bridgehead atoms. The summed E-state index contributed by atoms with van der Waals surface area (Å²) in [6.45, 7) is 0. The van der Waals surface area contributed by atoms with Gasteiger partial charge in [0.2, 0.25) is 0 Å². The molecule has 23 heavy (non-hydrogen) atoms. The Labute approximate surface area is 136 Å². The molecule has 4 nitrogen and oxygen atoms in total. The predicted octanol–water partition coefficient (Wildman–Crippen LogP) is 4.90. The summed E-state index contributed by atoms with van der Waals surface area (Å²) in [6.07, 6.45) is 1.36. The second kappa shape index (κ2) is 6.58. The van der Waals surface area contributed by atoms with Gasteiger partial charge in [-0.1, -0.05) is 17.7 Å². The van der Waals surface area contributed by atoms with Crippen LogP contribution in [0.4, 0.5) is 31.8 Å². The number of hydrogen-bond acceptors (Lipinski definition) is 4. The van der Waals surface area contributed by atoms with Crippen LogP contribution in [0.1, 0.15) is 0 Å². The molecule has 3 rings (SSSR count). The molecule has 0 atom stereocenters. The van der Waals surface area contributed by atoms with Crippen molar-refractivity contribution in [2.45, 2.75) is 0 Å². The fourth-order valence-corrected chi connectivity index (χ4v) is 2.11. The molecule has 1 aromatic heterocycles. The van der Waals surface area contributed by atoms with Crippen molar-refractivity contribution in [2.75, 3.05) is 10.6 Å². The Morgan fingerprint density at radius 2 is 1.52 bits per heavy atom. The molecule has 0 aliphatic rings. The van der Waals surface area contributed by atoms with E-state index in [1.165, 1.54) is 30.6 Å². The third kappa shape index (κ3) is 3.92. The number of halogens is 3. The highest BCUT2D eigenvalue weighted by molar-refractivity contribution is 6.31. The van der Waals surface area contributed by atoms with Gasteiger partial charge in [-0.25, -0.2) is 18.7 Å². The van der Waals surface area contributed by atoms with Gasteiger partial charge in [-0.3, -0.25) is 0 Å². The van der Waals surface area contributed by atoms with E-state index in [1.54, 1.807) is 24.3 Å². The van der Waals surface area contributed by atoms with Gasteiger partial charge in [0.15, 0.2) is 0 Å². The van der Waals surface area contributed by atoms with Crippen LogP contribution in [0.5, 0.6) is 0 Å². The maximum atomic E-state index is 13.2. The lowest BCUT2D eigenvalue weighted by Gasteiger charge is -2.09. The molecule has 0 fully saturated rings. The van der Waals surface area contributed by atoms with Crippen molar-refractivity contribution in [2.24, 2.45) is 0 Å². The minimum Gasteiger partial charge on any atom is -0.340 e. The molecule has 0 radical (unpaired) electrons. The van der Waals surface area contributed by atoms with Gasteiger partial charge in [0, 0.05) is 17.4 Å². The summed E-state index contributed by atoms with van der Waals surface area (Å²) in [5.74, 6) is 0.139. The fourth-order valence-electron chi connectivity index (χ4n) is 1.93. The number of benzene rings is 2. The number of aromatic nitrogens is 2. The normalized spacial score (nSPS) is 10.4. The van der Waals surface area contributed by atoms with E-state index in [1.807, 2.05) is 0 Å². The number of nitrogens with zero attached hydrogens (tertiary/aromatic N) is 2. The number of anilines is 4. The van der Waals surface area contributed by atoms with E-state index in [-0.39, 0.29) is 10.8 Å². The molecule has 2 N–H and O–H groups in total.